The van der Waals surface area contributed by atoms with Gasteiger partial charge in [0.1, 0.15) is 0 Å². The molecular formula is C13H14ClF3O. The molecule has 1 aliphatic carbocycles. The van der Waals surface area contributed by atoms with Crippen molar-refractivity contribution in [2.45, 2.75) is 37.5 Å². The molecule has 0 spiro atoms. The van der Waals surface area contributed by atoms with E-state index in [9.17, 15) is 18.3 Å². The lowest BCUT2D eigenvalue weighted by atomic mass is 9.74. The first-order valence-electron chi connectivity index (χ1n) is 5.86. The number of benzene rings is 1. The molecule has 1 aromatic carbocycles. The van der Waals surface area contributed by atoms with Gasteiger partial charge in [0.2, 0.25) is 0 Å². The first-order valence-corrected chi connectivity index (χ1v) is 6.24. The van der Waals surface area contributed by atoms with Gasteiger partial charge in [0.25, 0.3) is 0 Å². The topological polar surface area (TPSA) is 20.2 Å². The maximum atomic E-state index is 12.7. The lowest BCUT2D eigenvalue weighted by Gasteiger charge is -2.38. The normalized spacial score (nSPS) is 29.3. The predicted molar refractivity (Wildman–Crippen MR) is 63.4 cm³/mol. The summed E-state index contributed by atoms with van der Waals surface area (Å²) in [5.41, 5.74) is -0.871. The van der Waals surface area contributed by atoms with E-state index in [2.05, 4.69) is 0 Å². The van der Waals surface area contributed by atoms with E-state index >= 15 is 0 Å². The van der Waals surface area contributed by atoms with E-state index in [0.29, 0.717) is 23.4 Å². The highest BCUT2D eigenvalue weighted by Gasteiger charge is 2.47. The molecule has 5 heteroatoms. The van der Waals surface area contributed by atoms with Gasteiger partial charge in [-0.05, 0) is 43.4 Å². The fourth-order valence-electron chi connectivity index (χ4n) is 2.55. The third kappa shape index (κ3) is 2.81. The van der Waals surface area contributed by atoms with Crippen LogP contribution in [0.15, 0.2) is 24.3 Å². The molecule has 0 saturated heterocycles. The first kappa shape index (κ1) is 13.7. The molecule has 0 bridgehead atoms. The molecule has 2 rings (SSSR count). The van der Waals surface area contributed by atoms with E-state index in [1.54, 1.807) is 24.3 Å². The Balaban J connectivity index is 2.22. The van der Waals surface area contributed by atoms with Gasteiger partial charge in [-0.15, -0.1) is 0 Å². The summed E-state index contributed by atoms with van der Waals surface area (Å²) >= 11 is 5.74. The van der Waals surface area contributed by atoms with Gasteiger partial charge in [0.15, 0.2) is 0 Å². The summed E-state index contributed by atoms with van der Waals surface area (Å²) in [5, 5.41) is 10.9. The van der Waals surface area contributed by atoms with Crippen molar-refractivity contribution >= 4 is 11.6 Å². The number of alkyl halides is 3. The Morgan fingerprint density at radius 3 is 2.39 bits per heavy atom. The summed E-state index contributed by atoms with van der Waals surface area (Å²) in [6.07, 6.45) is -3.66. The fraction of sp³-hybridized carbons (Fsp3) is 0.538. The highest BCUT2D eigenvalue weighted by Crippen LogP contribution is 2.46. The van der Waals surface area contributed by atoms with Crippen LogP contribution >= 0.6 is 11.6 Å². The van der Waals surface area contributed by atoms with E-state index in [1.807, 2.05) is 0 Å². The Morgan fingerprint density at radius 1 is 1.22 bits per heavy atom. The number of halogens is 4. The van der Waals surface area contributed by atoms with E-state index in [-0.39, 0.29) is 12.8 Å². The van der Waals surface area contributed by atoms with Crippen molar-refractivity contribution in [2.75, 3.05) is 0 Å². The van der Waals surface area contributed by atoms with Crippen LogP contribution < -0.4 is 0 Å². The van der Waals surface area contributed by atoms with Crippen molar-refractivity contribution in [3.63, 3.8) is 0 Å². The predicted octanol–water partition coefficient (Wildman–Crippen LogP) is 4.28. The van der Waals surface area contributed by atoms with Gasteiger partial charge < -0.3 is 5.11 Å². The fourth-order valence-corrected chi connectivity index (χ4v) is 2.68. The van der Waals surface area contributed by atoms with Gasteiger partial charge in [0.05, 0.1) is 11.5 Å². The molecule has 100 valence electrons. The highest BCUT2D eigenvalue weighted by atomic mass is 35.5. The van der Waals surface area contributed by atoms with E-state index < -0.39 is 17.7 Å². The van der Waals surface area contributed by atoms with E-state index in [0.717, 1.165) is 0 Å². The standard InChI is InChI=1S/C13H14ClF3O/c14-11-5-3-9(4-6-11)12(18)7-1-2-10(8-12)13(15,16)17/h3-6,10,18H,1-2,7-8H2. The van der Waals surface area contributed by atoms with E-state index in [1.165, 1.54) is 0 Å². The van der Waals surface area contributed by atoms with Crippen LogP contribution in [0.4, 0.5) is 13.2 Å². The maximum absolute atomic E-state index is 12.7. The molecule has 2 unspecified atom stereocenters. The Bertz CT molecular complexity index is 415. The summed E-state index contributed by atoms with van der Waals surface area (Å²) in [7, 11) is 0. The SMILES string of the molecule is OC1(c2ccc(Cl)cc2)CCCC(C(F)(F)F)C1. The van der Waals surface area contributed by atoms with Crippen LogP contribution in [0.1, 0.15) is 31.2 Å². The van der Waals surface area contributed by atoms with E-state index in [4.69, 9.17) is 11.6 Å². The van der Waals surface area contributed by atoms with Crippen molar-refractivity contribution < 1.29 is 18.3 Å². The lowest BCUT2D eigenvalue weighted by molar-refractivity contribution is -0.201. The summed E-state index contributed by atoms with van der Waals surface area (Å²) in [6.45, 7) is 0. The molecule has 1 fully saturated rings. The average Bonchev–Trinajstić information content (AvgIpc) is 2.28. The monoisotopic (exact) mass is 278 g/mol. The minimum atomic E-state index is -4.24. The third-order valence-electron chi connectivity index (χ3n) is 3.57. The van der Waals surface area contributed by atoms with Gasteiger partial charge >= 0.3 is 6.18 Å². The molecule has 18 heavy (non-hydrogen) atoms. The third-order valence-corrected chi connectivity index (χ3v) is 3.82. The van der Waals surface area contributed by atoms with Crippen LogP contribution in [0, 0.1) is 5.92 Å². The minimum Gasteiger partial charge on any atom is -0.385 e. The zero-order chi connectivity index (χ0) is 13.4. The molecule has 1 N–H and O–H groups in total. The number of hydrogen-bond acceptors (Lipinski definition) is 1. The van der Waals surface area contributed by atoms with Gasteiger partial charge in [0, 0.05) is 5.02 Å². The molecule has 0 heterocycles. The van der Waals surface area contributed by atoms with Gasteiger partial charge in [-0.2, -0.15) is 13.2 Å². The zero-order valence-corrected chi connectivity index (χ0v) is 10.4. The molecule has 1 nitrogen and oxygen atoms in total. The smallest absolute Gasteiger partial charge is 0.385 e. The summed E-state index contributed by atoms with van der Waals surface area (Å²) < 4.78 is 38.2. The van der Waals surface area contributed by atoms with Gasteiger partial charge in [-0.25, -0.2) is 0 Å². The Labute approximate surface area is 109 Å². The molecule has 0 radical (unpaired) electrons. The van der Waals surface area contributed by atoms with Crippen LogP contribution in [-0.2, 0) is 5.60 Å². The average molecular weight is 279 g/mol. The van der Waals surface area contributed by atoms with Crippen LogP contribution in [0.5, 0.6) is 0 Å². The number of rotatable bonds is 1. The van der Waals surface area contributed by atoms with Crippen LogP contribution in [0.2, 0.25) is 5.02 Å². The molecular weight excluding hydrogens is 265 g/mol. The molecule has 0 aromatic heterocycles. The molecule has 1 aliphatic rings. The molecule has 1 aromatic rings. The molecule has 2 atom stereocenters. The Kier molecular flexibility index (Phi) is 3.60. The van der Waals surface area contributed by atoms with Gasteiger partial charge in [-0.1, -0.05) is 23.7 Å². The molecule has 1 saturated carbocycles. The Hall–Kier alpha value is -0.740. The molecule has 0 amide bonds. The summed E-state index contributed by atoms with van der Waals surface area (Å²) in [4.78, 5) is 0. The summed E-state index contributed by atoms with van der Waals surface area (Å²) in [5.74, 6) is -1.42. The maximum Gasteiger partial charge on any atom is 0.391 e. The lowest BCUT2D eigenvalue weighted by Crippen LogP contribution is -2.38. The van der Waals surface area contributed by atoms with Crippen molar-refractivity contribution in [2.24, 2.45) is 5.92 Å². The number of hydrogen-bond donors (Lipinski definition) is 1. The van der Waals surface area contributed by atoms with Crippen LogP contribution in [0.3, 0.4) is 0 Å². The number of aliphatic hydroxyl groups is 1. The van der Waals surface area contributed by atoms with Crippen molar-refractivity contribution in [3.05, 3.63) is 34.9 Å². The second-order valence-electron chi connectivity index (χ2n) is 4.87. The van der Waals surface area contributed by atoms with Crippen molar-refractivity contribution in [1.82, 2.24) is 0 Å². The van der Waals surface area contributed by atoms with Crippen LogP contribution in [0.25, 0.3) is 0 Å². The van der Waals surface area contributed by atoms with Crippen molar-refractivity contribution in [1.29, 1.82) is 0 Å². The van der Waals surface area contributed by atoms with Gasteiger partial charge in [-0.3, -0.25) is 0 Å². The summed E-state index contributed by atoms with van der Waals surface area (Å²) in [6, 6.07) is 6.38. The molecule has 0 aliphatic heterocycles. The minimum absolute atomic E-state index is 0.0966. The second-order valence-corrected chi connectivity index (χ2v) is 5.31. The highest BCUT2D eigenvalue weighted by molar-refractivity contribution is 6.30. The quantitative estimate of drug-likeness (QED) is 0.813. The Morgan fingerprint density at radius 2 is 1.83 bits per heavy atom. The zero-order valence-electron chi connectivity index (χ0n) is 9.67. The first-order chi connectivity index (χ1) is 8.31. The largest absolute Gasteiger partial charge is 0.391 e. The van der Waals surface area contributed by atoms with Crippen LogP contribution in [-0.4, -0.2) is 11.3 Å². The second kappa shape index (κ2) is 4.74. The van der Waals surface area contributed by atoms with Crippen molar-refractivity contribution in [3.8, 4) is 0 Å².